The lowest BCUT2D eigenvalue weighted by Crippen LogP contribution is -2.49. The van der Waals surface area contributed by atoms with Crippen molar-refractivity contribution in [3.8, 4) is 11.1 Å². The Bertz CT molecular complexity index is 1540. The number of nitrogen functional groups attached to an aromatic ring is 1. The SMILES string of the molecule is Cc1ccc(NC(=O)Nc2ccc(-c3cn([C@H]4CC[C@@H](N5CCN(C)CC5)CC4)c4ncnc(N)c34)cc2F)cc1. The quantitative estimate of drug-likeness (QED) is 0.300. The molecule has 0 spiro atoms. The number of anilines is 3. The average molecular weight is 557 g/mol. The molecule has 4 aromatic rings. The molecule has 2 aromatic carbocycles. The molecule has 0 radical (unpaired) electrons. The molecule has 6 rings (SSSR count). The van der Waals surface area contributed by atoms with E-state index in [-0.39, 0.29) is 5.69 Å². The second-order valence-corrected chi connectivity index (χ2v) is 11.3. The van der Waals surface area contributed by atoms with Gasteiger partial charge >= 0.3 is 6.03 Å². The van der Waals surface area contributed by atoms with E-state index in [0.29, 0.717) is 29.2 Å². The highest BCUT2D eigenvalue weighted by atomic mass is 19.1. The van der Waals surface area contributed by atoms with E-state index in [1.165, 1.54) is 12.4 Å². The Morgan fingerprint density at radius 2 is 1.66 bits per heavy atom. The van der Waals surface area contributed by atoms with Gasteiger partial charge in [-0.15, -0.1) is 0 Å². The third kappa shape index (κ3) is 5.75. The second-order valence-electron chi connectivity index (χ2n) is 11.3. The van der Waals surface area contributed by atoms with Crippen LogP contribution in [0.4, 0.5) is 26.4 Å². The van der Waals surface area contributed by atoms with Crippen LogP contribution in [0.5, 0.6) is 0 Å². The summed E-state index contributed by atoms with van der Waals surface area (Å²) in [5.41, 5.74) is 10.4. The van der Waals surface area contributed by atoms with E-state index in [4.69, 9.17) is 5.73 Å². The summed E-state index contributed by atoms with van der Waals surface area (Å²) in [4.78, 5) is 26.4. The minimum absolute atomic E-state index is 0.0913. The number of halogens is 1. The topological polar surface area (TPSA) is 104 Å². The van der Waals surface area contributed by atoms with Crippen molar-refractivity contribution in [3.05, 3.63) is 66.4 Å². The molecule has 0 unspecified atom stereocenters. The molecule has 1 aliphatic carbocycles. The summed E-state index contributed by atoms with van der Waals surface area (Å²) < 4.78 is 17.5. The van der Waals surface area contributed by atoms with Crippen LogP contribution in [0.1, 0.15) is 37.3 Å². The van der Waals surface area contributed by atoms with Gasteiger partial charge in [-0.05, 0) is 69.5 Å². The monoisotopic (exact) mass is 556 g/mol. The van der Waals surface area contributed by atoms with Crippen molar-refractivity contribution in [2.45, 2.75) is 44.7 Å². The Morgan fingerprint density at radius 1 is 0.951 bits per heavy atom. The Labute approximate surface area is 239 Å². The number of nitrogens with two attached hydrogens (primary N) is 1. The van der Waals surface area contributed by atoms with Crippen molar-refractivity contribution in [2.75, 3.05) is 49.6 Å². The zero-order chi connectivity index (χ0) is 28.5. The first-order chi connectivity index (χ1) is 19.9. The molecule has 9 nitrogen and oxygen atoms in total. The van der Waals surface area contributed by atoms with Crippen molar-refractivity contribution >= 4 is 34.3 Å². The van der Waals surface area contributed by atoms with Gasteiger partial charge in [0.25, 0.3) is 0 Å². The zero-order valence-corrected chi connectivity index (χ0v) is 23.6. The van der Waals surface area contributed by atoms with Crippen LogP contribution in [0.25, 0.3) is 22.2 Å². The number of urea groups is 1. The summed E-state index contributed by atoms with van der Waals surface area (Å²) in [7, 11) is 2.19. The maximum Gasteiger partial charge on any atom is 0.323 e. The van der Waals surface area contributed by atoms with Crippen LogP contribution in [-0.2, 0) is 0 Å². The molecular weight excluding hydrogens is 519 g/mol. The molecule has 0 atom stereocenters. The molecule has 10 heteroatoms. The van der Waals surface area contributed by atoms with Gasteiger partial charge in [0.15, 0.2) is 0 Å². The van der Waals surface area contributed by atoms with Gasteiger partial charge in [-0.2, -0.15) is 0 Å². The van der Waals surface area contributed by atoms with Gasteiger partial charge in [-0.25, -0.2) is 19.2 Å². The lowest BCUT2D eigenvalue weighted by Gasteiger charge is -2.41. The first-order valence-corrected chi connectivity index (χ1v) is 14.3. The molecule has 2 fully saturated rings. The van der Waals surface area contributed by atoms with Gasteiger partial charge < -0.3 is 25.8 Å². The zero-order valence-electron chi connectivity index (χ0n) is 23.6. The molecule has 214 valence electrons. The fourth-order valence-electron chi connectivity index (χ4n) is 6.20. The highest BCUT2D eigenvalue weighted by molar-refractivity contribution is 6.02. The minimum atomic E-state index is -0.537. The molecule has 41 heavy (non-hydrogen) atoms. The molecule has 2 amide bonds. The number of fused-ring (bicyclic) bond motifs is 1. The highest BCUT2D eigenvalue weighted by Gasteiger charge is 2.30. The average Bonchev–Trinajstić information content (AvgIpc) is 3.37. The molecule has 1 aliphatic heterocycles. The van der Waals surface area contributed by atoms with Crippen LogP contribution in [0, 0.1) is 12.7 Å². The van der Waals surface area contributed by atoms with Crippen molar-refractivity contribution < 1.29 is 9.18 Å². The van der Waals surface area contributed by atoms with E-state index >= 15 is 4.39 Å². The number of aryl methyl sites for hydroxylation is 1. The van der Waals surface area contributed by atoms with Gasteiger partial charge in [0.05, 0.1) is 11.1 Å². The number of amides is 2. The van der Waals surface area contributed by atoms with Gasteiger partial charge in [-0.1, -0.05) is 23.8 Å². The molecule has 1 saturated carbocycles. The molecule has 3 heterocycles. The Balaban J connectivity index is 1.21. The Morgan fingerprint density at radius 3 is 2.37 bits per heavy atom. The van der Waals surface area contributed by atoms with Gasteiger partial charge in [0.1, 0.15) is 23.6 Å². The van der Waals surface area contributed by atoms with Crippen molar-refractivity contribution in [1.29, 1.82) is 0 Å². The third-order valence-electron chi connectivity index (χ3n) is 8.59. The van der Waals surface area contributed by atoms with Gasteiger partial charge in [0.2, 0.25) is 0 Å². The number of carbonyl (C=O) groups is 1. The summed E-state index contributed by atoms with van der Waals surface area (Å²) in [5.74, 6) is -0.166. The lowest BCUT2D eigenvalue weighted by atomic mass is 9.89. The largest absolute Gasteiger partial charge is 0.383 e. The predicted octanol–water partition coefficient (Wildman–Crippen LogP) is 5.50. The van der Waals surface area contributed by atoms with Gasteiger partial charge in [-0.3, -0.25) is 4.90 Å². The number of nitrogens with zero attached hydrogens (tertiary/aromatic N) is 5. The second kappa shape index (κ2) is 11.5. The summed E-state index contributed by atoms with van der Waals surface area (Å²) in [6.45, 7) is 6.50. The fourth-order valence-corrected chi connectivity index (χ4v) is 6.20. The number of likely N-dealkylation sites (N-methyl/N-ethyl adjacent to an activating group) is 1. The van der Waals surface area contributed by atoms with E-state index in [1.807, 2.05) is 25.3 Å². The van der Waals surface area contributed by atoms with E-state index in [0.717, 1.165) is 74.0 Å². The lowest BCUT2D eigenvalue weighted by molar-refractivity contribution is 0.0828. The highest BCUT2D eigenvalue weighted by Crippen LogP contribution is 2.39. The summed E-state index contributed by atoms with van der Waals surface area (Å²) in [5, 5.41) is 6.06. The Kier molecular flexibility index (Phi) is 7.59. The number of hydrogen-bond donors (Lipinski definition) is 3. The number of nitrogens with one attached hydrogen (secondary N) is 2. The van der Waals surface area contributed by atoms with Gasteiger partial charge in [0, 0.05) is 55.7 Å². The fraction of sp³-hybridized carbons (Fsp3) is 0.387. The molecule has 1 saturated heterocycles. The van der Waals surface area contributed by atoms with Crippen molar-refractivity contribution in [2.24, 2.45) is 0 Å². The maximum absolute atomic E-state index is 15.3. The van der Waals surface area contributed by atoms with E-state index in [2.05, 4.69) is 42.0 Å². The van der Waals surface area contributed by atoms with Crippen molar-refractivity contribution in [3.63, 3.8) is 0 Å². The van der Waals surface area contributed by atoms with Crippen LogP contribution in [0.3, 0.4) is 0 Å². The Hall–Kier alpha value is -4.02. The van der Waals surface area contributed by atoms with Crippen LogP contribution in [0.2, 0.25) is 0 Å². The molecule has 0 bridgehead atoms. The van der Waals surface area contributed by atoms with Crippen LogP contribution < -0.4 is 16.4 Å². The smallest absolute Gasteiger partial charge is 0.323 e. The number of aromatic nitrogens is 3. The standard InChI is InChI=1S/C31H37FN8O/c1-20-3-6-22(7-4-20)36-31(41)37-27-12-5-21(17-26(27)32)25-18-40(30-28(25)29(33)34-19-35-30)24-10-8-23(9-11-24)39-15-13-38(2)14-16-39/h3-7,12,17-19,23-24H,8-11,13-16H2,1-2H3,(H2,33,34,35)(H2,36,37,41)/t23-,24+. The summed E-state index contributed by atoms with van der Waals surface area (Å²) in [6.07, 6.45) is 7.93. The molecular formula is C31H37FN8O. The van der Waals surface area contributed by atoms with Crippen LogP contribution in [0.15, 0.2) is 55.0 Å². The van der Waals surface area contributed by atoms with E-state index < -0.39 is 11.8 Å². The van der Waals surface area contributed by atoms with Crippen LogP contribution in [-0.4, -0.2) is 69.6 Å². The first kappa shape index (κ1) is 27.2. The maximum atomic E-state index is 15.3. The normalized spacial score (nSPS) is 20.3. The van der Waals surface area contributed by atoms with E-state index in [9.17, 15) is 4.79 Å². The number of benzene rings is 2. The van der Waals surface area contributed by atoms with Crippen molar-refractivity contribution in [1.82, 2.24) is 24.3 Å². The number of carbonyl (C=O) groups excluding carboxylic acids is 1. The molecule has 2 aliphatic rings. The summed E-state index contributed by atoms with van der Waals surface area (Å²) >= 11 is 0. The van der Waals surface area contributed by atoms with E-state index in [1.54, 1.807) is 24.3 Å². The number of rotatable bonds is 5. The number of hydrogen-bond acceptors (Lipinski definition) is 6. The van der Waals surface area contributed by atoms with Crippen LogP contribution >= 0.6 is 0 Å². The predicted molar refractivity (Wildman–Crippen MR) is 162 cm³/mol. The molecule has 2 aromatic heterocycles. The first-order valence-electron chi connectivity index (χ1n) is 14.3. The minimum Gasteiger partial charge on any atom is -0.383 e. The third-order valence-corrected chi connectivity index (χ3v) is 8.59. The summed E-state index contributed by atoms with van der Waals surface area (Å²) in [6, 6.07) is 12.6. The molecule has 4 N–H and O–H groups in total. The number of piperazine rings is 1.